The van der Waals surface area contributed by atoms with Gasteiger partial charge in [0.05, 0.1) is 11.6 Å². The van der Waals surface area contributed by atoms with Gasteiger partial charge in [0, 0.05) is 16.0 Å². The highest BCUT2D eigenvalue weighted by Crippen LogP contribution is 2.31. The van der Waals surface area contributed by atoms with Gasteiger partial charge in [-0.2, -0.15) is 0 Å². The highest BCUT2D eigenvalue weighted by Gasteiger charge is 2.17. The van der Waals surface area contributed by atoms with Crippen LogP contribution in [-0.2, 0) is 0 Å². The van der Waals surface area contributed by atoms with Crippen LogP contribution in [0.3, 0.4) is 0 Å². The van der Waals surface area contributed by atoms with Crippen molar-refractivity contribution in [3.63, 3.8) is 0 Å². The Morgan fingerprint density at radius 1 is 1.44 bits per heavy atom. The van der Waals surface area contributed by atoms with Crippen molar-refractivity contribution < 1.29 is 0 Å². The van der Waals surface area contributed by atoms with Crippen molar-refractivity contribution in [3.05, 3.63) is 38.5 Å². The standard InChI is InChI=1S/C12H16N2S2/c1-3-5-14-11(10-7-13-8-16-10)12-9(2)4-6-15-12/h4,6-8,11,14H,3,5H2,1-2H3. The molecule has 2 rings (SSSR count). The molecule has 2 aromatic heterocycles. The molecule has 0 amide bonds. The minimum Gasteiger partial charge on any atom is -0.305 e. The Kier molecular flexibility index (Phi) is 4.09. The molecule has 16 heavy (non-hydrogen) atoms. The topological polar surface area (TPSA) is 24.9 Å². The second-order valence-electron chi connectivity index (χ2n) is 3.76. The molecule has 4 heteroatoms. The van der Waals surface area contributed by atoms with Gasteiger partial charge in [-0.15, -0.1) is 22.7 Å². The van der Waals surface area contributed by atoms with Crippen LogP contribution in [-0.4, -0.2) is 11.5 Å². The normalized spacial score (nSPS) is 12.9. The third-order valence-electron chi connectivity index (χ3n) is 2.50. The van der Waals surface area contributed by atoms with Crippen LogP contribution >= 0.6 is 22.7 Å². The molecule has 86 valence electrons. The number of nitrogens with zero attached hydrogens (tertiary/aromatic N) is 1. The van der Waals surface area contributed by atoms with Gasteiger partial charge in [0.1, 0.15) is 0 Å². The van der Waals surface area contributed by atoms with Gasteiger partial charge in [-0.1, -0.05) is 6.92 Å². The Morgan fingerprint density at radius 3 is 2.88 bits per heavy atom. The second kappa shape index (κ2) is 5.57. The van der Waals surface area contributed by atoms with Crippen LogP contribution in [0.15, 0.2) is 23.2 Å². The average Bonchev–Trinajstić information content (AvgIpc) is 2.91. The lowest BCUT2D eigenvalue weighted by molar-refractivity contribution is 0.610. The van der Waals surface area contributed by atoms with Gasteiger partial charge in [0.25, 0.3) is 0 Å². The second-order valence-corrected chi connectivity index (χ2v) is 5.62. The first kappa shape index (κ1) is 11.8. The Balaban J connectivity index is 2.25. The summed E-state index contributed by atoms with van der Waals surface area (Å²) in [7, 11) is 0. The third-order valence-corrected chi connectivity index (χ3v) is 4.42. The number of thiophene rings is 1. The fraction of sp³-hybridized carbons (Fsp3) is 0.417. The summed E-state index contributed by atoms with van der Waals surface area (Å²) < 4.78 is 0. The van der Waals surface area contributed by atoms with E-state index in [2.05, 4.69) is 35.6 Å². The Hall–Kier alpha value is -0.710. The Morgan fingerprint density at radius 2 is 2.31 bits per heavy atom. The number of thiazole rings is 1. The highest BCUT2D eigenvalue weighted by atomic mass is 32.1. The first-order chi connectivity index (χ1) is 7.83. The van der Waals surface area contributed by atoms with Crippen LogP contribution in [0.1, 0.15) is 34.7 Å². The lowest BCUT2D eigenvalue weighted by Crippen LogP contribution is -2.22. The van der Waals surface area contributed by atoms with Gasteiger partial charge in [-0.25, -0.2) is 0 Å². The summed E-state index contributed by atoms with van der Waals surface area (Å²) in [6.07, 6.45) is 3.12. The number of aromatic nitrogens is 1. The molecular formula is C12H16N2S2. The molecule has 2 heterocycles. The van der Waals surface area contributed by atoms with E-state index in [1.165, 1.54) is 15.3 Å². The lowest BCUT2D eigenvalue weighted by Gasteiger charge is -2.16. The smallest absolute Gasteiger partial charge is 0.0795 e. The predicted molar refractivity (Wildman–Crippen MR) is 71.3 cm³/mol. The van der Waals surface area contributed by atoms with Crippen molar-refractivity contribution in [3.8, 4) is 0 Å². The zero-order valence-electron chi connectivity index (χ0n) is 9.56. The molecule has 0 spiro atoms. The molecule has 2 nitrogen and oxygen atoms in total. The van der Waals surface area contributed by atoms with E-state index < -0.39 is 0 Å². The summed E-state index contributed by atoms with van der Waals surface area (Å²) in [6.45, 7) is 5.41. The van der Waals surface area contributed by atoms with Gasteiger partial charge in [0.15, 0.2) is 0 Å². The van der Waals surface area contributed by atoms with Crippen molar-refractivity contribution in [2.45, 2.75) is 26.3 Å². The first-order valence-electron chi connectivity index (χ1n) is 5.48. The van der Waals surface area contributed by atoms with Crippen LogP contribution in [0.5, 0.6) is 0 Å². The maximum absolute atomic E-state index is 4.17. The van der Waals surface area contributed by atoms with E-state index in [0.29, 0.717) is 6.04 Å². The SMILES string of the molecule is CCCNC(c1cncs1)c1sccc1C. The quantitative estimate of drug-likeness (QED) is 0.879. The maximum Gasteiger partial charge on any atom is 0.0795 e. The van der Waals surface area contributed by atoms with E-state index >= 15 is 0 Å². The van der Waals surface area contributed by atoms with E-state index in [1.54, 1.807) is 11.3 Å². The fourth-order valence-corrected chi connectivity index (χ4v) is 3.46. The molecule has 0 aliphatic carbocycles. The van der Waals surface area contributed by atoms with Gasteiger partial charge < -0.3 is 5.32 Å². The zero-order valence-corrected chi connectivity index (χ0v) is 11.2. The summed E-state index contributed by atoms with van der Waals surface area (Å²) in [5.74, 6) is 0. The molecule has 0 saturated carbocycles. The van der Waals surface area contributed by atoms with E-state index in [9.17, 15) is 0 Å². The molecule has 0 bridgehead atoms. The minimum atomic E-state index is 0.326. The number of hydrogen-bond donors (Lipinski definition) is 1. The monoisotopic (exact) mass is 252 g/mol. The minimum absolute atomic E-state index is 0.326. The van der Waals surface area contributed by atoms with Crippen LogP contribution < -0.4 is 5.32 Å². The summed E-state index contributed by atoms with van der Waals surface area (Å²) in [6, 6.07) is 2.51. The fourth-order valence-electron chi connectivity index (χ4n) is 1.66. The van der Waals surface area contributed by atoms with Crippen molar-refractivity contribution in [1.82, 2.24) is 10.3 Å². The zero-order chi connectivity index (χ0) is 11.4. The lowest BCUT2D eigenvalue weighted by atomic mass is 10.1. The van der Waals surface area contributed by atoms with Crippen molar-refractivity contribution >= 4 is 22.7 Å². The summed E-state index contributed by atoms with van der Waals surface area (Å²) in [4.78, 5) is 6.89. The van der Waals surface area contributed by atoms with Crippen LogP contribution in [0, 0.1) is 6.92 Å². The third kappa shape index (κ3) is 2.51. The number of rotatable bonds is 5. The summed E-state index contributed by atoms with van der Waals surface area (Å²) in [5.41, 5.74) is 3.27. The Labute approximate surface area is 104 Å². The van der Waals surface area contributed by atoms with Crippen molar-refractivity contribution in [1.29, 1.82) is 0 Å². The number of aryl methyl sites for hydroxylation is 1. The highest BCUT2D eigenvalue weighted by molar-refractivity contribution is 7.11. The Bertz CT molecular complexity index is 420. The van der Waals surface area contributed by atoms with Gasteiger partial charge >= 0.3 is 0 Å². The largest absolute Gasteiger partial charge is 0.305 e. The van der Waals surface area contributed by atoms with E-state index in [-0.39, 0.29) is 0 Å². The predicted octanol–water partition coefficient (Wildman–Crippen LogP) is 3.60. The van der Waals surface area contributed by atoms with E-state index in [0.717, 1.165) is 13.0 Å². The number of nitrogens with one attached hydrogen (secondary N) is 1. The van der Waals surface area contributed by atoms with Gasteiger partial charge in [-0.05, 0) is 36.9 Å². The van der Waals surface area contributed by atoms with Crippen LogP contribution in [0.25, 0.3) is 0 Å². The van der Waals surface area contributed by atoms with Crippen molar-refractivity contribution in [2.75, 3.05) is 6.54 Å². The van der Waals surface area contributed by atoms with E-state index in [1.807, 2.05) is 23.0 Å². The van der Waals surface area contributed by atoms with Crippen molar-refractivity contribution in [2.24, 2.45) is 0 Å². The molecule has 1 atom stereocenters. The molecule has 0 radical (unpaired) electrons. The molecule has 1 N–H and O–H groups in total. The number of hydrogen-bond acceptors (Lipinski definition) is 4. The molecule has 0 saturated heterocycles. The van der Waals surface area contributed by atoms with Gasteiger partial charge in [0.2, 0.25) is 0 Å². The van der Waals surface area contributed by atoms with Gasteiger partial charge in [-0.3, -0.25) is 4.98 Å². The molecule has 1 unspecified atom stereocenters. The molecular weight excluding hydrogens is 236 g/mol. The molecule has 0 aliphatic heterocycles. The molecule has 0 aromatic carbocycles. The first-order valence-corrected chi connectivity index (χ1v) is 7.24. The van der Waals surface area contributed by atoms with Crippen LogP contribution in [0.2, 0.25) is 0 Å². The maximum atomic E-state index is 4.17. The summed E-state index contributed by atoms with van der Waals surface area (Å²) >= 11 is 3.54. The molecule has 0 aliphatic rings. The van der Waals surface area contributed by atoms with Crippen LogP contribution in [0.4, 0.5) is 0 Å². The summed E-state index contributed by atoms with van der Waals surface area (Å²) in [5, 5.41) is 5.75. The van der Waals surface area contributed by atoms with E-state index in [4.69, 9.17) is 0 Å². The average molecular weight is 252 g/mol. The molecule has 2 aromatic rings. The molecule has 0 fully saturated rings.